The first kappa shape index (κ1) is 9.05. The highest BCUT2D eigenvalue weighted by molar-refractivity contribution is 14.1. The first-order valence-electron chi connectivity index (χ1n) is 3.80. The maximum atomic E-state index is 5.70. The number of hydrogen-bond acceptors (Lipinski definition) is 1. The Morgan fingerprint density at radius 3 is 3.08 bits per heavy atom. The van der Waals surface area contributed by atoms with E-state index in [0.717, 1.165) is 16.6 Å². The van der Waals surface area contributed by atoms with E-state index in [1.807, 2.05) is 0 Å². The Labute approximate surface area is 99.2 Å². The van der Waals surface area contributed by atoms with E-state index in [1.54, 1.807) is 0 Å². The van der Waals surface area contributed by atoms with Crippen LogP contribution in [0.25, 0.3) is 0 Å². The number of hydrogen-bond donors (Lipinski definition) is 0. The minimum Gasteiger partial charge on any atom is -0.489 e. The molecule has 2 rings (SSSR count). The summed E-state index contributed by atoms with van der Waals surface area (Å²) >= 11 is 4.70. The fourth-order valence-corrected chi connectivity index (χ4v) is 2.42. The van der Waals surface area contributed by atoms with E-state index in [1.165, 1.54) is 9.13 Å². The quantitative estimate of drug-likeness (QED) is 0.533. The lowest BCUT2D eigenvalue weighted by Crippen LogP contribution is -2.13. The van der Waals surface area contributed by atoms with Crippen LogP contribution >= 0.6 is 45.2 Å². The van der Waals surface area contributed by atoms with Gasteiger partial charge in [-0.15, -0.1) is 0 Å². The molecule has 0 saturated carbocycles. The topological polar surface area (TPSA) is 9.23 Å². The zero-order chi connectivity index (χ0) is 8.55. The molecule has 0 radical (unpaired) electrons. The summed E-state index contributed by atoms with van der Waals surface area (Å²) in [6, 6.07) is 6.38. The Morgan fingerprint density at radius 2 is 2.33 bits per heavy atom. The highest BCUT2D eigenvalue weighted by atomic mass is 127. The van der Waals surface area contributed by atoms with Gasteiger partial charge in [0, 0.05) is 14.4 Å². The molecule has 1 aliphatic heterocycles. The van der Waals surface area contributed by atoms with Gasteiger partial charge in [0.25, 0.3) is 0 Å². The average molecular weight is 386 g/mol. The highest BCUT2D eigenvalue weighted by Gasteiger charge is 2.21. The Kier molecular flexibility index (Phi) is 2.78. The summed E-state index contributed by atoms with van der Waals surface area (Å²) < 4.78 is 8.07. The number of ether oxygens (including phenoxy) is 1. The number of benzene rings is 1. The molecule has 1 nitrogen and oxygen atoms in total. The number of fused-ring (bicyclic) bond motifs is 1. The van der Waals surface area contributed by atoms with E-state index in [9.17, 15) is 0 Å². The van der Waals surface area contributed by atoms with Gasteiger partial charge in [0.05, 0.1) is 0 Å². The molecule has 0 aromatic heterocycles. The molecule has 0 saturated heterocycles. The largest absolute Gasteiger partial charge is 0.489 e. The van der Waals surface area contributed by atoms with E-state index in [4.69, 9.17) is 4.74 Å². The lowest BCUT2D eigenvalue weighted by molar-refractivity contribution is 0.262. The fourth-order valence-electron chi connectivity index (χ4n) is 1.38. The molecule has 0 fully saturated rings. The molecule has 0 N–H and O–H groups in total. The molecular weight excluding hydrogens is 378 g/mol. The smallest absolute Gasteiger partial charge is 0.123 e. The molecule has 3 heteroatoms. The fraction of sp³-hybridized carbons (Fsp3) is 0.333. The molecule has 0 unspecified atom stereocenters. The van der Waals surface area contributed by atoms with Crippen LogP contribution in [0, 0.1) is 3.57 Å². The number of halogens is 2. The first-order valence-corrected chi connectivity index (χ1v) is 6.41. The summed E-state index contributed by atoms with van der Waals surface area (Å²) in [6.45, 7) is 0. The van der Waals surface area contributed by atoms with Crippen molar-refractivity contribution in [2.24, 2.45) is 0 Å². The molecule has 0 aliphatic carbocycles. The van der Waals surface area contributed by atoms with Gasteiger partial charge < -0.3 is 4.74 Å². The monoisotopic (exact) mass is 386 g/mol. The van der Waals surface area contributed by atoms with E-state index in [-0.39, 0.29) is 0 Å². The molecule has 0 bridgehead atoms. The molecule has 1 heterocycles. The van der Waals surface area contributed by atoms with Crippen LogP contribution < -0.4 is 4.74 Å². The lowest BCUT2D eigenvalue weighted by Gasteiger charge is -2.04. The predicted molar refractivity (Wildman–Crippen MR) is 66.2 cm³/mol. The number of rotatable bonds is 1. The third-order valence-electron chi connectivity index (χ3n) is 1.94. The predicted octanol–water partition coefficient (Wildman–Crippen LogP) is 3.03. The van der Waals surface area contributed by atoms with Gasteiger partial charge in [-0.3, -0.25) is 0 Å². The van der Waals surface area contributed by atoms with Crippen LogP contribution in [0.2, 0.25) is 0 Å². The van der Waals surface area contributed by atoms with Gasteiger partial charge >= 0.3 is 0 Å². The van der Waals surface area contributed by atoms with Gasteiger partial charge in [0.15, 0.2) is 0 Å². The van der Waals surface area contributed by atoms with Crippen LogP contribution in [0.4, 0.5) is 0 Å². The summed E-state index contributed by atoms with van der Waals surface area (Å²) in [5.74, 6) is 1.08. The zero-order valence-electron chi connectivity index (χ0n) is 6.39. The Hall–Kier alpha value is 0.480. The van der Waals surface area contributed by atoms with E-state index in [0.29, 0.717) is 6.10 Å². The molecule has 0 spiro atoms. The highest BCUT2D eigenvalue weighted by Crippen LogP contribution is 2.30. The summed E-state index contributed by atoms with van der Waals surface area (Å²) in [6.07, 6.45) is 1.48. The van der Waals surface area contributed by atoms with Crippen LogP contribution in [0.3, 0.4) is 0 Å². The SMILES string of the molecule is IC[C@@H]1Cc2cc(I)ccc2O1. The minimum atomic E-state index is 0.402. The van der Waals surface area contributed by atoms with Crippen molar-refractivity contribution in [1.29, 1.82) is 0 Å². The van der Waals surface area contributed by atoms with Gasteiger partial charge in [0.1, 0.15) is 11.9 Å². The van der Waals surface area contributed by atoms with Gasteiger partial charge in [-0.1, -0.05) is 22.6 Å². The number of alkyl halides is 1. The Morgan fingerprint density at radius 1 is 1.50 bits per heavy atom. The van der Waals surface area contributed by atoms with Crippen molar-refractivity contribution in [3.8, 4) is 5.75 Å². The molecule has 1 aromatic carbocycles. The summed E-state index contributed by atoms with van der Waals surface area (Å²) in [5.41, 5.74) is 1.36. The lowest BCUT2D eigenvalue weighted by atomic mass is 10.1. The summed E-state index contributed by atoms with van der Waals surface area (Å²) in [7, 11) is 0. The normalized spacial score (nSPS) is 20.3. The standard InChI is InChI=1S/C9H8I2O/c10-5-8-4-6-3-7(11)1-2-9(6)12-8/h1-3,8H,4-5H2/t8-/m0/s1. The molecule has 64 valence electrons. The molecule has 0 amide bonds. The molecular formula is C9H8I2O. The van der Waals surface area contributed by atoms with Crippen LogP contribution in [0.1, 0.15) is 5.56 Å². The maximum absolute atomic E-state index is 5.70. The third-order valence-corrected chi connectivity index (χ3v) is 3.59. The van der Waals surface area contributed by atoms with Crippen molar-refractivity contribution < 1.29 is 4.74 Å². The van der Waals surface area contributed by atoms with Gasteiger partial charge in [-0.05, 0) is 46.4 Å². The molecule has 1 aromatic rings. The van der Waals surface area contributed by atoms with Crippen LogP contribution in [0.5, 0.6) is 5.75 Å². The third kappa shape index (κ3) is 1.71. The van der Waals surface area contributed by atoms with Gasteiger partial charge in [-0.25, -0.2) is 0 Å². The van der Waals surface area contributed by atoms with Crippen molar-refractivity contribution >= 4 is 45.2 Å². The van der Waals surface area contributed by atoms with Crippen molar-refractivity contribution in [2.75, 3.05) is 4.43 Å². The summed E-state index contributed by atoms with van der Waals surface area (Å²) in [5, 5.41) is 0. The van der Waals surface area contributed by atoms with Gasteiger partial charge in [0.2, 0.25) is 0 Å². The minimum absolute atomic E-state index is 0.402. The van der Waals surface area contributed by atoms with Crippen LogP contribution in [-0.4, -0.2) is 10.5 Å². The Bertz CT molecular complexity index is 299. The second-order valence-corrected chi connectivity index (χ2v) is 4.98. The van der Waals surface area contributed by atoms with Crippen molar-refractivity contribution in [1.82, 2.24) is 0 Å². The van der Waals surface area contributed by atoms with E-state index in [2.05, 4.69) is 63.4 Å². The van der Waals surface area contributed by atoms with Gasteiger partial charge in [-0.2, -0.15) is 0 Å². The van der Waals surface area contributed by atoms with E-state index < -0.39 is 0 Å². The second kappa shape index (κ2) is 3.69. The second-order valence-electron chi connectivity index (χ2n) is 2.85. The molecule has 1 atom stereocenters. The molecule has 1 aliphatic rings. The van der Waals surface area contributed by atoms with E-state index >= 15 is 0 Å². The first-order chi connectivity index (χ1) is 5.79. The Balaban J connectivity index is 2.30. The van der Waals surface area contributed by atoms with Crippen molar-refractivity contribution in [3.63, 3.8) is 0 Å². The van der Waals surface area contributed by atoms with Crippen molar-refractivity contribution in [2.45, 2.75) is 12.5 Å². The van der Waals surface area contributed by atoms with Crippen molar-refractivity contribution in [3.05, 3.63) is 27.3 Å². The van der Waals surface area contributed by atoms with Crippen LogP contribution in [0.15, 0.2) is 18.2 Å². The summed E-state index contributed by atoms with van der Waals surface area (Å²) in [4.78, 5) is 0. The molecule has 12 heavy (non-hydrogen) atoms. The van der Waals surface area contributed by atoms with Crippen LogP contribution in [-0.2, 0) is 6.42 Å². The average Bonchev–Trinajstić information content (AvgIpc) is 2.46. The maximum Gasteiger partial charge on any atom is 0.123 e. The zero-order valence-corrected chi connectivity index (χ0v) is 10.7.